The summed E-state index contributed by atoms with van der Waals surface area (Å²) in [7, 11) is 0. The van der Waals surface area contributed by atoms with Crippen LogP contribution in [0.1, 0.15) is 27.2 Å². The second kappa shape index (κ2) is 5.77. The molecule has 0 aliphatic rings. The Morgan fingerprint density at radius 1 is 1.58 bits per heavy atom. The highest BCUT2D eigenvalue weighted by atomic mass is 16.4. The summed E-state index contributed by atoms with van der Waals surface area (Å²) in [5.41, 5.74) is 0.475. The lowest BCUT2D eigenvalue weighted by Crippen LogP contribution is -2.23. The number of hydrogen-bond acceptors (Lipinski definition) is 2. The summed E-state index contributed by atoms with van der Waals surface area (Å²) in [6.07, 6.45) is 2.30. The molecule has 0 heterocycles. The van der Waals surface area contributed by atoms with Gasteiger partial charge in [-0.2, -0.15) is 0 Å². The van der Waals surface area contributed by atoms with E-state index < -0.39 is 5.97 Å². The molecule has 0 aromatic rings. The third-order valence-electron chi connectivity index (χ3n) is 1.53. The van der Waals surface area contributed by atoms with E-state index in [1.54, 1.807) is 6.08 Å². The van der Waals surface area contributed by atoms with Crippen LogP contribution < -0.4 is 5.32 Å². The minimum Gasteiger partial charge on any atom is -0.478 e. The Labute approximate surface area is 73.5 Å². The van der Waals surface area contributed by atoms with Crippen LogP contribution in [0.5, 0.6) is 0 Å². The maximum Gasteiger partial charge on any atom is 0.331 e. The quantitative estimate of drug-likeness (QED) is 0.615. The predicted octanol–water partition coefficient (Wildman–Crippen LogP) is 1.41. The average molecular weight is 171 g/mol. The third kappa shape index (κ3) is 4.91. The number of carboxylic acids is 1. The number of hydrogen-bond donors (Lipinski definition) is 2. The molecule has 0 aromatic carbocycles. The van der Waals surface area contributed by atoms with Crippen LogP contribution in [0.4, 0.5) is 0 Å². The van der Waals surface area contributed by atoms with Gasteiger partial charge < -0.3 is 10.4 Å². The highest BCUT2D eigenvalue weighted by Crippen LogP contribution is 1.98. The maximum absolute atomic E-state index is 10.5. The molecule has 0 aliphatic heterocycles. The first kappa shape index (κ1) is 11.2. The Kier molecular flexibility index (Phi) is 5.37. The van der Waals surface area contributed by atoms with E-state index >= 15 is 0 Å². The Hall–Kier alpha value is -0.830. The van der Waals surface area contributed by atoms with Gasteiger partial charge in [0, 0.05) is 18.2 Å². The molecule has 2 N–H and O–H groups in total. The summed E-state index contributed by atoms with van der Waals surface area (Å²) in [5, 5.41) is 11.8. The highest BCUT2D eigenvalue weighted by Gasteiger charge is 2.02. The third-order valence-corrected chi connectivity index (χ3v) is 1.53. The van der Waals surface area contributed by atoms with E-state index in [0.717, 1.165) is 0 Å². The molecule has 3 nitrogen and oxygen atoms in total. The Morgan fingerprint density at radius 2 is 2.17 bits per heavy atom. The minimum atomic E-state index is -0.817. The van der Waals surface area contributed by atoms with Gasteiger partial charge in [0.05, 0.1) is 0 Å². The van der Waals surface area contributed by atoms with Crippen molar-refractivity contribution in [2.24, 2.45) is 0 Å². The van der Waals surface area contributed by atoms with Crippen molar-refractivity contribution in [3.05, 3.63) is 11.6 Å². The Bertz CT molecular complexity index is 173. The monoisotopic (exact) mass is 171 g/mol. The fourth-order valence-corrected chi connectivity index (χ4v) is 0.801. The van der Waals surface area contributed by atoms with Crippen molar-refractivity contribution in [2.75, 3.05) is 6.54 Å². The van der Waals surface area contributed by atoms with Gasteiger partial charge in [0.15, 0.2) is 0 Å². The summed E-state index contributed by atoms with van der Waals surface area (Å²) in [5.74, 6) is -0.817. The molecule has 70 valence electrons. The first-order valence-corrected chi connectivity index (χ1v) is 4.23. The molecule has 0 saturated heterocycles. The summed E-state index contributed by atoms with van der Waals surface area (Å²) in [6, 6.07) is 0.396. The average Bonchev–Trinajstić information content (AvgIpc) is 1.96. The summed E-state index contributed by atoms with van der Waals surface area (Å²) in [6.45, 7) is 6.53. The van der Waals surface area contributed by atoms with Crippen LogP contribution in [0.3, 0.4) is 0 Å². The normalized spacial score (nSPS) is 12.2. The first-order valence-electron chi connectivity index (χ1n) is 4.23. The zero-order valence-electron chi connectivity index (χ0n) is 7.92. The van der Waals surface area contributed by atoms with Crippen LogP contribution in [-0.2, 0) is 4.79 Å². The fraction of sp³-hybridized carbons (Fsp3) is 0.667. The maximum atomic E-state index is 10.5. The van der Waals surface area contributed by atoms with Crippen molar-refractivity contribution >= 4 is 5.97 Å². The highest BCUT2D eigenvalue weighted by molar-refractivity contribution is 5.86. The lowest BCUT2D eigenvalue weighted by atomic mass is 10.2. The van der Waals surface area contributed by atoms with Gasteiger partial charge in [-0.1, -0.05) is 26.8 Å². The van der Waals surface area contributed by atoms with Crippen molar-refractivity contribution in [3.8, 4) is 0 Å². The smallest absolute Gasteiger partial charge is 0.331 e. The van der Waals surface area contributed by atoms with Gasteiger partial charge in [-0.15, -0.1) is 0 Å². The summed E-state index contributed by atoms with van der Waals surface area (Å²) < 4.78 is 0. The molecule has 0 amide bonds. The van der Waals surface area contributed by atoms with E-state index in [1.165, 1.54) is 0 Å². The van der Waals surface area contributed by atoms with Crippen LogP contribution in [0.15, 0.2) is 11.6 Å². The van der Waals surface area contributed by atoms with E-state index in [1.807, 2.05) is 20.8 Å². The molecule has 0 bridgehead atoms. The zero-order valence-corrected chi connectivity index (χ0v) is 7.92. The largest absolute Gasteiger partial charge is 0.478 e. The molecular formula is C9H17NO2. The molecule has 3 heteroatoms. The van der Waals surface area contributed by atoms with Gasteiger partial charge in [-0.25, -0.2) is 4.79 Å². The predicted molar refractivity (Wildman–Crippen MR) is 49.1 cm³/mol. The van der Waals surface area contributed by atoms with E-state index in [2.05, 4.69) is 5.32 Å². The molecule has 0 radical (unpaired) electrons. The topological polar surface area (TPSA) is 49.3 Å². The van der Waals surface area contributed by atoms with Crippen LogP contribution in [0.25, 0.3) is 0 Å². The van der Waals surface area contributed by atoms with Gasteiger partial charge in [0.25, 0.3) is 0 Å². The number of nitrogens with one attached hydrogen (secondary N) is 1. The molecule has 0 spiro atoms. The summed E-state index contributed by atoms with van der Waals surface area (Å²) >= 11 is 0. The van der Waals surface area contributed by atoms with Crippen molar-refractivity contribution < 1.29 is 9.90 Å². The molecule has 0 saturated carbocycles. The van der Waals surface area contributed by atoms with Crippen LogP contribution in [-0.4, -0.2) is 23.7 Å². The van der Waals surface area contributed by atoms with Gasteiger partial charge in [0.1, 0.15) is 0 Å². The van der Waals surface area contributed by atoms with Crippen molar-refractivity contribution in [1.29, 1.82) is 0 Å². The molecule has 0 atom stereocenters. The van der Waals surface area contributed by atoms with Crippen molar-refractivity contribution in [3.63, 3.8) is 0 Å². The number of carbonyl (C=O) groups is 1. The molecule has 0 aliphatic carbocycles. The Morgan fingerprint density at radius 3 is 2.50 bits per heavy atom. The second-order valence-electron chi connectivity index (χ2n) is 2.95. The van der Waals surface area contributed by atoms with Gasteiger partial charge in [0.2, 0.25) is 0 Å². The molecular weight excluding hydrogens is 154 g/mol. The van der Waals surface area contributed by atoms with E-state index in [-0.39, 0.29) is 0 Å². The SMILES string of the molecule is CCC(=CCNC(C)C)C(=O)O. The molecule has 0 unspecified atom stereocenters. The molecule has 0 aromatic heterocycles. The zero-order chi connectivity index (χ0) is 9.56. The standard InChI is InChI=1S/C9H17NO2/c1-4-8(9(11)12)5-6-10-7(2)3/h5,7,10H,4,6H2,1-3H3,(H,11,12). The van der Waals surface area contributed by atoms with Crippen LogP contribution in [0.2, 0.25) is 0 Å². The lowest BCUT2D eigenvalue weighted by molar-refractivity contribution is -0.132. The van der Waals surface area contributed by atoms with Crippen molar-refractivity contribution in [2.45, 2.75) is 33.2 Å². The van der Waals surface area contributed by atoms with Gasteiger partial charge >= 0.3 is 5.97 Å². The van der Waals surface area contributed by atoms with E-state index in [9.17, 15) is 4.79 Å². The Balaban J connectivity index is 3.87. The minimum absolute atomic E-state index is 0.396. The number of rotatable bonds is 5. The fourth-order valence-electron chi connectivity index (χ4n) is 0.801. The van der Waals surface area contributed by atoms with Gasteiger partial charge in [-0.05, 0) is 6.42 Å². The van der Waals surface area contributed by atoms with Gasteiger partial charge in [-0.3, -0.25) is 0 Å². The van der Waals surface area contributed by atoms with E-state index in [4.69, 9.17) is 5.11 Å². The first-order chi connectivity index (χ1) is 5.57. The van der Waals surface area contributed by atoms with Crippen molar-refractivity contribution in [1.82, 2.24) is 5.32 Å². The number of aliphatic carboxylic acids is 1. The molecule has 12 heavy (non-hydrogen) atoms. The van der Waals surface area contributed by atoms with E-state index in [0.29, 0.717) is 24.6 Å². The van der Waals surface area contributed by atoms with Crippen LogP contribution >= 0.6 is 0 Å². The molecule has 0 rings (SSSR count). The molecule has 0 fully saturated rings. The number of carboxylic acid groups (broad SMARTS) is 1. The summed E-state index contributed by atoms with van der Waals surface area (Å²) in [4.78, 5) is 10.5. The lowest BCUT2D eigenvalue weighted by Gasteiger charge is -2.04. The second-order valence-corrected chi connectivity index (χ2v) is 2.95. The van der Waals surface area contributed by atoms with Crippen LogP contribution in [0, 0.1) is 0 Å².